The van der Waals surface area contributed by atoms with Gasteiger partial charge in [-0.05, 0) is 58.7 Å². The molecule has 0 aliphatic carbocycles. The molecule has 2 aromatic carbocycles. The summed E-state index contributed by atoms with van der Waals surface area (Å²) in [6, 6.07) is 10.8. The van der Waals surface area contributed by atoms with E-state index in [9.17, 15) is 9.18 Å². The Hall–Kier alpha value is -1.59. The van der Waals surface area contributed by atoms with Crippen LogP contribution in [0.2, 0.25) is 5.02 Å². The number of hydrogen-bond donors (Lipinski definition) is 1. The molecule has 1 N–H and O–H groups in total. The van der Waals surface area contributed by atoms with Crippen LogP contribution in [0.1, 0.15) is 18.5 Å². The van der Waals surface area contributed by atoms with Gasteiger partial charge in [0.2, 0.25) is 0 Å². The molecule has 0 aliphatic rings. The number of ether oxygens (including phenoxy) is 1. The maximum absolute atomic E-state index is 12.9. The smallest absolute Gasteiger partial charge is 0.258 e. The van der Waals surface area contributed by atoms with Crippen molar-refractivity contribution in [1.82, 2.24) is 5.32 Å². The zero-order valence-corrected chi connectivity index (χ0v) is 14.1. The first-order chi connectivity index (χ1) is 10.5. The fourth-order valence-corrected chi connectivity index (χ4v) is 2.65. The Morgan fingerprint density at radius 3 is 2.64 bits per heavy atom. The molecule has 0 radical (unpaired) electrons. The SMILES string of the molecule is C[C@H](NC(=O)COc1ccc(Cl)cc1Br)c1ccc(F)cc1. The van der Waals surface area contributed by atoms with Crippen molar-refractivity contribution in [2.24, 2.45) is 0 Å². The van der Waals surface area contributed by atoms with Gasteiger partial charge in [0, 0.05) is 5.02 Å². The molecule has 0 unspecified atom stereocenters. The van der Waals surface area contributed by atoms with Gasteiger partial charge >= 0.3 is 0 Å². The minimum atomic E-state index is -0.307. The van der Waals surface area contributed by atoms with Crippen LogP contribution in [0.25, 0.3) is 0 Å². The van der Waals surface area contributed by atoms with E-state index in [0.29, 0.717) is 15.2 Å². The number of amides is 1. The van der Waals surface area contributed by atoms with E-state index in [0.717, 1.165) is 5.56 Å². The molecular weight excluding hydrogens is 373 g/mol. The molecule has 0 fully saturated rings. The number of carbonyl (C=O) groups excluding carboxylic acids is 1. The second-order valence-corrected chi connectivity index (χ2v) is 5.99. The molecule has 6 heteroatoms. The second kappa shape index (κ2) is 7.61. The highest BCUT2D eigenvalue weighted by Gasteiger charge is 2.11. The zero-order chi connectivity index (χ0) is 16.1. The number of benzene rings is 2. The van der Waals surface area contributed by atoms with E-state index < -0.39 is 0 Å². The van der Waals surface area contributed by atoms with E-state index in [1.54, 1.807) is 30.3 Å². The van der Waals surface area contributed by atoms with Gasteiger partial charge in [0.25, 0.3) is 5.91 Å². The maximum Gasteiger partial charge on any atom is 0.258 e. The summed E-state index contributed by atoms with van der Waals surface area (Å²) in [5.74, 6) is -0.0362. The highest BCUT2D eigenvalue weighted by molar-refractivity contribution is 9.10. The molecule has 0 aliphatic heterocycles. The van der Waals surface area contributed by atoms with Gasteiger partial charge in [0.1, 0.15) is 11.6 Å². The van der Waals surface area contributed by atoms with Gasteiger partial charge in [-0.2, -0.15) is 0 Å². The van der Waals surface area contributed by atoms with Gasteiger partial charge in [0.15, 0.2) is 6.61 Å². The Morgan fingerprint density at radius 2 is 2.00 bits per heavy atom. The van der Waals surface area contributed by atoms with Crippen molar-refractivity contribution in [3.63, 3.8) is 0 Å². The van der Waals surface area contributed by atoms with Gasteiger partial charge in [0.05, 0.1) is 10.5 Å². The number of nitrogens with one attached hydrogen (secondary N) is 1. The number of halogens is 3. The molecular formula is C16H14BrClFNO2. The van der Waals surface area contributed by atoms with Crippen LogP contribution >= 0.6 is 27.5 Å². The molecule has 2 rings (SSSR count). The van der Waals surface area contributed by atoms with Gasteiger partial charge in [-0.25, -0.2) is 4.39 Å². The average molecular weight is 387 g/mol. The fraction of sp³-hybridized carbons (Fsp3) is 0.188. The van der Waals surface area contributed by atoms with Crippen LogP contribution in [0, 0.1) is 5.82 Å². The van der Waals surface area contributed by atoms with Gasteiger partial charge < -0.3 is 10.1 Å². The lowest BCUT2D eigenvalue weighted by Crippen LogP contribution is -2.31. The van der Waals surface area contributed by atoms with E-state index >= 15 is 0 Å². The van der Waals surface area contributed by atoms with Crippen LogP contribution in [-0.4, -0.2) is 12.5 Å². The third-order valence-corrected chi connectivity index (χ3v) is 3.85. The molecule has 116 valence electrons. The minimum Gasteiger partial charge on any atom is -0.483 e. The molecule has 1 amide bonds. The second-order valence-electron chi connectivity index (χ2n) is 4.70. The first-order valence-electron chi connectivity index (χ1n) is 6.58. The third kappa shape index (κ3) is 4.71. The summed E-state index contributed by atoms with van der Waals surface area (Å²) in [7, 11) is 0. The van der Waals surface area contributed by atoms with Crippen LogP contribution in [-0.2, 0) is 4.79 Å². The lowest BCUT2D eigenvalue weighted by atomic mass is 10.1. The molecule has 1 atom stereocenters. The van der Waals surface area contributed by atoms with Crippen LogP contribution in [0.5, 0.6) is 5.75 Å². The minimum absolute atomic E-state index is 0.119. The first kappa shape index (κ1) is 16.8. The van der Waals surface area contributed by atoms with E-state index in [-0.39, 0.29) is 24.4 Å². The van der Waals surface area contributed by atoms with Gasteiger partial charge in [-0.15, -0.1) is 0 Å². The van der Waals surface area contributed by atoms with Crippen molar-refractivity contribution in [2.75, 3.05) is 6.61 Å². The summed E-state index contributed by atoms with van der Waals surface area (Å²) in [6.45, 7) is 1.70. The molecule has 3 nitrogen and oxygen atoms in total. The van der Waals surface area contributed by atoms with Crippen LogP contribution < -0.4 is 10.1 Å². The topological polar surface area (TPSA) is 38.3 Å². The molecule has 2 aromatic rings. The normalized spacial score (nSPS) is 11.8. The van der Waals surface area contributed by atoms with Gasteiger partial charge in [-0.1, -0.05) is 23.7 Å². The summed E-state index contributed by atoms with van der Waals surface area (Å²) in [5, 5.41) is 3.37. The Balaban J connectivity index is 1.88. The lowest BCUT2D eigenvalue weighted by molar-refractivity contribution is -0.123. The van der Waals surface area contributed by atoms with Crippen molar-refractivity contribution in [1.29, 1.82) is 0 Å². The predicted octanol–water partition coefficient (Wildman–Crippen LogP) is 4.50. The third-order valence-electron chi connectivity index (χ3n) is 3.00. The Kier molecular flexibility index (Phi) is 5.80. The van der Waals surface area contributed by atoms with Crippen molar-refractivity contribution >= 4 is 33.4 Å². The Bertz CT molecular complexity index is 664. The van der Waals surface area contributed by atoms with Crippen molar-refractivity contribution < 1.29 is 13.9 Å². The van der Waals surface area contributed by atoms with E-state index in [1.807, 2.05) is 6.92 Å². The molecule has 0 saturated heterocycles. The molecule has 0 bridgehead atoms. The highest BCUT2D eigenvalue weighted by Crippen LogP contribution is 2.27. The number of carbonyl (C=O) groups is 1. The van der Waals surface area contributed by atoms with Crippen LogP contribution in [0.15, 0.2) is 46.9 Å². The average Bonchev–Trinajstić information content (AvgIpc) is 2.47. The Labute approximate surface area is 141 Å². The highest BCUT2D eigenvalue weighted by atomic mass is 79.9. The molecule has 0 heterocycles. The Morgan fingerprint density at radius 1 is 1.32 bits per heavy atom. The number of rotatable bonds is 5. The first-order valence-corrected chi connectivity index (χ1v) is 7.75. The van der Waals surface area contributed by atoms with Crippen molar-refractivity contribution in [3.8, 4) is 5.75 Å². The summed E-state index contributed by atoms with van der Waals surface area (Å²) >= 11 is 9.15. The monoisotopic (exact) mass is 385 g/mol. The van der Waals surface area contributed by atoms with E-state index in [4.69, 9.17) is 16.3 Å². The maximum atomic E-state index is 12.9. The number of hydrogen-bond acceptors (Lipinski definition) is 2. The summed E-state index contributed by atoms with van der Waals surface area (Å²) in [4.78, 5) is 11.9. The zero-order valence-electron chi connectivity index (χ0n) is 11.8. The molecule has 0 aromatic heterocycles. The van der Waals surface area contributed by atoms with E-state index in [1.165, 1.54) is 12.1 Å². The fourth-order valence-electron chi connectivity index (χ4n) is 1.85. The van der Waals surface area contributed by atoms with Crippen LogP contribution in [0.4, 0.5) is 4.39 Å². The molecule has 0 saturated carbocycles. The van der Waals surface area contributed by atoms with Crippen LogP contribution in [0.3, 0.4) is 0 Å². The van der Waals surface area contributed by atoms with Crippen molar-refractivity contribution in [2.45, 2.75) is 13.0 Å². The van der Waals surface area contributed by atoms with Gasteiger partial charge in [-0.3, -0.25) is 4.79 Å². The predicted molar refractivity (Wildman–Crippen MR) is 87.6 cm³/mol. The quantitative estimate of drug-likeness (QED) is 0.822. The molecule has 0 spiro atoms. The standard InChI is InChI=1S/C16H14BrClFNO2/c1-10(11-2-5-13(19)6-3-11)20-16(21)9-22-15-7-4-12(18)8-14(15)17/h2-8,10H,9H2,1H3,(H,20,21)/t10-/m0/s1. The van der Waals surface area contributed by atoms with Crippen molar-refractivity contribution in [3.05, 3.63) is 63.3 Å². The lowest BCUT2D eigenvalue weighted by Gasteiger charge is -2.15. The summed E-state index contributed by atoms with van der Waals surface area (Å²) in [6.07, 6.45) is 0. The van der Waals surface area contributed by atoms with E-state index in [2.05, 4.69) is 21.2 Å². The molecule has 22 heavy (non-hydrogen) atoms. The summed E-state index contributed by atoms with van der Waals surface area (Å²) < 4.78 is 19.0. The largest absolute Gasteiger partial charge is 0.483 e. The summed E-state index contributed by atoms with van der Waals surface area (Å²) in [5.41, 5.74) is 0.822.